The first kappa shape index (κ1) is 13.7. The number of hydrogen-bond acceptors (Lipinski definition) is 4. The number of nitrogens with zero attached hydrogens (tertiary/aromatic N) is 2. The fourth-order valence-electron chi connectivity index (χ4n) is 1.83. The topological polar surface area (TPSA) is 101 Å². The first-order chi connectivity index (χ1) is 9.47. The number of rotatable bonds is 4. The summed E-state index contributed by atoms with van der Waals surface area (Å²) in [4.78, 5) is 22.3. The van der Waals surface area contributed by atoms with Gasteiger partial charge in [0, 0.05) is 35.5 Å². The highest BCUT2D eigenvalue weighted by Gasteiger charge is 2.13. The number of nitro benzene ring substituents is 1. The van der Waals surface area contributed by atoms with Crippen LogP contribution in [0.1, 0.15) is 27.2 Å². The number of H-pyrrole nitrogens is 1. The van der Waals surface area contributed by atoms with E-state index in [1.54, 1.807) is 19.2 Å². The molecule has 1 amide bonds. The van der Waals surface area contributed by atoms with Crippen LogP contribution in [0.15, 0.2) is 24.4 Å². The SMILES string of the molecule is Cc1cc(C(=O)NCc2cn[nH]c2C)cc([N+](=O)[O-])c1. The minimum Gasteiger partial charge on any atom is -0.348 e. The maximum absolute atomic E-state index is 12.0. The van der Waals surface area contributed by atoms with Crippen LogP contribution in [-0.2, 0) is 6.54 Å². The van der Waals surface area contributed by atoms with Gasteiger partial charge in [0.2, 0.25) is 0 Å². The summed E-state index contributed by atoms with van der Waals surface area (Å²) in [5, 5.41) is 20.1. The van der Waals surface area contributed by atoms with E-state index in [9.17, 15) is 14.9 Å². The number of aromatic amines is 1. The molecule has 1 heterocycles. The number of carbonyl (C=O) groups excluding carboxylic acids is 1. The van der Waals surface area contributed by atoms with Gasteiger partial charge >= 0.3 is 0 Å². The average molecular weight is 274 g/mol. The molecule has 2 rings (SSSR count). The van der Waals surface area contributed by atoms with Crippen LogP contribution in [-0.4, -0.2) is 21.0 Å². The number of aryl methyl sites for hydroxylation is 2. The Hall–Kier alpha value is -2.70. The predicted molar refractivity (Wildman–Crippen MR) is 72.3 cm³/mol. The molecule has 2 N–H and O–H groups in total. The largest absolute Gasteiger partial charge is 0.348 e. The van der Waals surface area contributed by atoms with E-state index in [-0.39, 0.29) is 17.2 Å². The van der Waals surface area contributed by atoms with Crippen LogP contribution in [0.3, 0.4) is 0 Å². The monoisotopic (exact) mass is 274 g/mol. The number of amides is 1. The second-order valence-electron chi connectivity index (χ2n) is 4.52. The fourth-order valence-corrected chi connectivity index (χ4v) is 1.83. The van der Waals surface area contributed by atoms with Crippen molar-refractivity contribution in [1.82, 2.24) is 15.5 Å². The summed E-state index contributed by atoms with van der Waals surface area (Å²) >= 11 is 0. The first-order valence-corrected chi connectivity index (χ1v) is 6.00. The number of nitrogens with one attached hydrogen (secondary N) is 2. The van der Waals surface area contributed by atoms with Crippen LogP contribution in [0.5, 0.6) is 0 Å². The van der Waals surface area contributed by atoms with E-state index in [1.807, 2.05) is 6.92 Å². The zero-order valence-corrected chi connectivity index (χ0v) is 11.1. The molecule has 0 radical (unpaired) electrons. The molecule has 0 saturated carbocycles. The molecule has 0 aliphatic rings. The van der Waals surface area contributed by atoms with Crippen LogP contribution >= 0.6 is 0 Å². The summed E-state index contributed by atoms with van der Waals surface area (Å²) in [6.45, 7) is 3.89. The van der Waals surface area contributed by atoms with E-state index in [1.165, 1.54) is 12.1 Å². The summed E-state index contributed by atoms with van der Waals surface area (Å²) in [6.07, 6.45) is 1.63. The van der Waals surface area contributed by atoms with Crippen LogP contribution in [0.4, 0.5) is 5.69 Å². The van der Waals surface area contributed by atoms with Crippen LogP contribution in [0.2, 0.25) is 0 Å². The number of benzene rings is 1. The molecule has 20 heavy (non-hydrogen) atoms. The summed E-state index contributed by atoms with van der Waals surface area (Å²) in [6, 6.07) is 4.31. The van der Waals surface area contributed by atoms with Gasteiger partial charge in [0.25, 0.3) is 11.6 Å². The third-order valence-corrected chi connectivity index (χ3v) is 2.91. The van der Waals surface area contributed by atoms with Gasteiger partial charge in [-0.15, -0.1) is 0 Å². The molecule has 0 unspecified atom stereocenters. The standard InChI is InChI=1S/C13H14N4O3/c1-8-3-10(5-12(4-8)17(19)20)13(18)14-6-11-7-15-16-9(11)2/h3-5,7H,6H2,1-2H3,(H,14,18)(H,15,16). The quantitative estimate of drug-likeness (QED) is 0.656. The minimum absolute atomic E-state index is 0.0883. The van der Waals surface area contributed by atoms with E-state index in [0.29, 0.717) is 12.1 Å². The van der Waals surface area contributed by atoms with Gasteiger partial charge in [-0.05, 0) is 25.5 Å². The lowest BCUT2D eigenvalue weighted by Crippen LogP contribution is -2.23. The van der Waals surface area contributed by atoms with Crippen molar-refractivity contribution in [3.05, 3.63) is 56.9 Å². The molecule has 0 atom stereocenters. The Morgan fingerprint density at radius 1 is 1.40 bits per heavy atom. The number of aromatic nitrogens is 2. The second kappa shape index (κ2) is 5.52. The van der Waals surface area contributed by atoms with Crippen molar-refractivity contribution in [2.45, 2.75) is 20.4 Å². The third-order valence-electron chi connectivity index (χ3n) is 2.91. The van der Waals surface area contributed by atoms with Crippen LogP contribution in [0, 0.1) is 24.0 Å². The Balaban J connectivity index is 2.13. The van der Waals surface area contributed by atoms with Gasteiger partial charge in [0.1, 0.15) is 0 Å². The van der Waals surface area contributed by atoms with Crippen LogP contribution in [0.25, 0.3) is 0 Å². The second-order valence-corrected chi connectivity index (χ2v) is 4.52. The molecule has 0 spiro atoms. The van der Waals surface area contributed by atoms with Crippen LogP contribution < -0.4 is 5.32 Å². The van der Waals surface area contributed by atoms with Crippen molar-refractivity contribution in [2.75, 3.05) is 0 Å². The highest BCUT2D eigenvalue weighted by atomic mass is 16.6. The normalized spacial score (nSPS) is 10.3. The molecule has 0 bridgehead atoms. The Morgan fingerprint density at radius 3 is 2.75 bits per heavy atom. The Bertz CT molecular complexity index is 663. The lowest BCUT2D eigenvalue weighted by atomic mass is 10.1. The Labute approximate surface area is 115 Å². The fraction of sp³-hybridized carbons (Fsp3) is 0.231. The van der Waals surface area contributed by atoms with Gasteiger partial charge < -0.3 is 5.32 Å². The van der Waals surface area contributed by atoms with E-state index in [4.69, 9.17) is 0 Å². The highest BCUT2D eigenvalue weighted by molar-refractivity contribution is 5.95. The molecule has 7 heteroatoms. The molecule has 2 aromatic rings. The summed E-state index contributed by atoms with van der Waals surface area (Å²) in [7, 11) is 0. The number of non-ortho nitro benzene ring substituents is 1. The molecule has 104 valence electrons. The van der Waals surface area contributed by atoms with Gasteiger partial charge in [-0.25, -0.2) is 0 Å². The summed E-state index contributed by atoms with van der Waals surface area (Å²) in [5.41, 5.74) is 2.61. The number of nitro groups is 1. The highest BCUT2D eigenvalue weighted by Crippen LogP contribution is 2.16. The number of hydrogen-bond donors (Lipinski definition) is 2. The molecule has 0 aliphatic carbocycles. The average Bonchev–Trinajstić information content (AvgIpc) is 2.80. The van der Waals surface area contributed by atoms with Crippen molar-refractivity contribution >= 4 is 11.6 Å². The molecule has 0 saturated heterocycles. The maximum Gasteiger partial charge on any atom is 0.270 e. The van der Waals surface area contributed by atoms with Crippen molar-refractivity contribution in [2.24, 2.45) is 0 Å². The molecule has 7 nitrogen and oxygen atoms in total. The first-order valence-electron chi connectivity index (χ1n) is 6.00. The molecule has 1 aromatic heterocycles. The third kappa shape index (κ3) is 3.00. The van der Waals surface area contributed by atoms with E-state index >= 15 is 0 Å². The van der Waals surface area contributed by atoms with Crippen molar-refractivity contribution in [3.8, 4) is 0 Å². The van der Waals surface area contributed by atoms with Gasteiger partial charge in [0.05, 0.1) is 11.1 Å². The van der Waals surface area contributed by atoms with Crippen molar-refractivity contribution in [3.63, 3.8) is 0 Å². The number of carbonyl (C=O) groups is 1. The molecule has 0 aliphatic heterocycles. The van der Waals surface area contributed by atoms with Gasteiger partial charge in [-0.1, -0.05) is 0 Å². The van der Waals surface area contributed by atoms with Crippen molar-refractivity contribution < 1.29 is 9.72 Å². The predicted octanol–water partition coefficient (Wildman–Crippen LogP) is 1.86. The zero-order valence-electron chi connectivity index (χ0n) is 11.1. The zero-order chi connectivity index (χ0) is 14.7. The van der Waals surface area contributed by atoms with Gasteiger partial charge in [-0.2, -0.15) is 5.10 Å². The van der Waals surface area contributed by atoms with E-state index in [2.05, 4.69) is 15.5 Å². The summed E-state index contributed by atoms with van der Waals surface area (Å²) in [5.74, 6) is -0.350. The summed E-state index contributed by atoms with van der Waals surface area (Å²) < 4.78 is 0. The smallest absolute Gasteiger partial charge is 0.270 e. The molecule has 1 aromatic carbocycles. The lowest BCUT2D eigenvalue weighted by molar-refractivity contribution is -0.384. The van der Waals surface area contributed by atoms with Gasteiger partial charge in [0.15, 0.2) is 0 Å². The Morgan fingerprint density at radius 2 is 2.15 bits per heavy atom. The minimum atomic E-state index is -0.510. The molecule has 0 fully saturated rings. The van der Waals surface area contributed by atoms with Gasteiger partial charge in [-0.3, -0.25) is 20.0 Å². The Kier molecular flexibility index (Phi) is 3.79. The van der Waals surface area contributed by atoms with E-state index in [0.717, 1.165) is 11.3 Å². The molecular formula is C13H14N4O3. The lowest BCUT2D eigenvalue weighted by Gasteiger charge is -2.05. The molecular weight excluding hydrogens is 260 g/mol. The van der Waals surface area contributed by atoms with Crippen molar-refractivity contribution in [1.29, 1.82) is 0 Å². The van der Waals surface area contributed by atoms with E-state index < -0.39 is 4.92 Å². The maximum atomic E-state index is 12.0.